The highest BCUT2D eigenvalue weighted by Gasteiger charge is 2.39. The van der Waals surface area contributed by atoms with Crippen LogP contribution >= 0.6 is 0 Å². The summed E-state index contributed by atoms with van der Waals surface area (Å²) in [6.07, 6.45) is 2.78. The number of hydrogen-bond donors (Lipinski definition) is 3. The summed E-state index contributed by atoms with van der Waals surface area (Å²) in [6.45, 7) is 3.31. The zero-order valence-electron chi connectivity index (χ0n) is 17.4. The summed E-state index contributed by atoms with van der Waals surface area (Å²) in [5, 5.41) is 8.70. The van der Waals surface area contributed by atoms with Gasteiger partial charge in [-0.3, -0.25) is 19.7 Å². The number of carbonyl (C=O) groups excluding carboxylic acids is 4. The Morgan fingerprint density at radius 3 is 2.87 bits per heavy atom. The highest BCUT2D eigenvalue weighted by atomic mass is 16.2. The van der Waals surface area contributed by atoms with Gasteiger partial charge in [0, 0.05) is 50.7 Å². The van der Waals surface area contributed by atoms with Crippen molar-refractivity contribution in [2.24, 2.45) is 5.92 Å². The summed E-state index contributed by atoms with van der Waals surface area (Å²) in [4.78, 5) is 52.8. The van der Waals surface area contributed by atoms with E-state index in [1.165, 1.54) is 4.90 Å². The lowest BCUT2D eigenvalue weighted by Crippen LogP contribution is -2.52. The SMILES string of the molecule is O=C1CCC(N2Cc3ccc(CNC(=O)N4CCC[C@H]5CNC[C@H]54)cc3C2=O)C(=O)N1. The molecule has 0 radical (unpaired) electrons. The van der Waals surface area contributed by atoms with E-state index in [4.69, 9.17) is 0 Å². The van der Waals surface area contributed by atoms with E-state index in [-0.39, 0.29) is 30.3 Å². The fraction of sp³-hybridized carbons (Fsp3) is 0.545. The minimum absolute atomic E-state index is 0.0598. The summed E-state index contributed by atoms with van der Waals surface area (Å²) in [5.74, 6) is -0.369. The Balaban J connectivity index is 1.23. The fourth-order valence-corrected chi connectivity index (χ4v) is 5.31. The first-order valence-electron chi connectivity index (χ1n) is 11.0. The second kappa shape index (κ2) is 7.96. The van der Waals surface area contributed by atoms with Gasteiger partial charge >= 0.3 is 6.03 Å². The Kier molecular flexibility index (Phi) is 5.13. The third-order valence-electron chi connectivity index (χ3n) is 6.98. The van der Waals surface area contributed by atoms with Crippen LogP contribution in [0.15, 0.2) is 18.2 Å². The summed E-state index contributed by atoms with van der Waals surface area (Å²) in [6, 6.07) is 5.19. The van der Waals surface area contributed by atoms with Crippen molar-refractivity contribution in [3.8, 4) is 0 Å². The number of carbonyl (C=O) groups is 4. The van der Waals surface area contributed by atoms with Crippen molar-refractivity contribution in [3.05, 3.63) is 34.9 Å². The van der Waals surface area contributed by atoms with Gasteiger partial charge in [-0.05, 0) is 42.4 Å². The van der Waals surface area contributed by atoms with Gasteiger partial charge in [-0.1, -0.05) is 12.1 Å². The van der Waals surface area contributed by atoms with Crippen molar-refractivity contribution < 1.29 is 19.2 Å². The van der Waals surface area contributed by atoms with Crippen LogP contribution in [-0.2, 0) is 22.7 Å². The highest BCUT2D eigenvalue weighted by Crippen LogP contribution is 2.29. The maximum absolute atomic E-state index is 12.9. The lowest BCUT2D eigenvalue weighted by atomic mass is 9.92. The molecule has 4 heterocycles. The van der Waals surface area contributed by atoms with E-state index in [0.29, 0.717) is 31.0 Å². The Morgan fingerprint density at radius 2 is 2.03 bits per heavy atom. The third-order valence-corrected chi connectivity index (χ3v) is 6.98. The molecular weight excluding hydrogens is 398 g/mol. The van der Waals surface area contributed by atoms with E-state index in [0.717, 1.165) is 43.6 Å². The molecular formula is C22H27N5O4. The maximum Gasteiger partial charge on any atom is 0.317 e. The summed E-state index contributed by atoms with van der Waals surface area (Å²) < 4.78 is 0. The molecule has 3 atom stereocenters. The number of fused-ring (bicyclic) bond motifs is 2. The molecule has 9 nitrogen and oxygen atoms in total. The van der Waals surface area contributed by atoms with E-state index in [1.54, 1.807) is 6.07 Å². The van der Waals surface area contributed by atoms with Gasteiger partial charge in [0.25, 0.3) is 5.91 Å². The number of likely N-dealkylation sites (tertiary alicyclic amines) is 1. The van der Waals surface area contributed by atoms with E-state index >= 15 is 0 Å². The van der Waals surface area contributed by atoms with Gasteiger partial charge in [-0.15, -0.1) is 0 Å². The van der Waals surface area contributed by atoms with Crippen LogP contribution in [0.2, 0.25) is 0 Å². The Labute approximate surface area is 180 Å². The Bertz CT molecular complexity index is 948. The van der Waals surface area contributed by atoms with E-state index in [1.807, 2.05) is 17.0 Å². The third kappa shape index (κ3) is 3.67. The van der Waals surface area contributed by atoms with Crippen molar-refractivity contribution >= 4 is 23.8 Å². The van der Waals surface area contributed by atoms with Crippen LogP contribution in [0.4, 0.5) is 4.79 Å². The molecule has 3 saturated heterocycles. The van der Waals surface area contributed by atoms with Crippen LogP contribution in [0.3, 0.4) is 0 Å². The predicted molar refractivity (Wildman–Crippen MR) is 111 cm³/mol. The van der Waals surface area contributed by atoms with Gasteiger partial charge in [0.2, 0.25) is 11.8 Å². The number of rotatable bonds is 3. The minimum Gasteiger partial charge on any atom is -0.334 e. The monoisotopic (exact) mass is 425 g/mol. The maximum atomic E-state index is 12.9. The number of hydrogen-bond acceptors (Lipinski definition) is 5. The van der Waals surface area contributed by atoms with Crippen molar-refractivity contribution in [3.63, 3.8) is 0 Å². The average Bonchev–Trinajstić information content (AvgIpc) is 3.37. The molecule has 5 amide bonds. The molecule has 0 bridgehead atoms. The van der Waals surface area contributed by atoms with E-state index in [9.17, 15) is 19.2 Å². The molecule has 0 spiro atoms. The number of urea groups is 1. The smallest absolute Gasteiger partial charge is 0.317 e. The normalized spacial score (nSPS) is 27.7. The zero-order chi connectivity index (χ0) is 21.5. The first kappa shape index (κ1) is 20.0. The molecule has 0 aromatic heterocycles. The molecule has 4 aliphatic rings. The summed E-state index contributed by atoms with van der Waals surface area (Å²) >= 11 is 0. The molecule has 4 aliphatic heterocycles. The van der Waals surface area contributed by atoms with Crippen LogP contribution in [0.25, 0.3) is 0 Å². The number of piperidine rings is 2. The second-order valence-corrected chi connectivity index (χ2v) is 8.87. The molecule has 1 aromatic rings. The number of nitrogens with one attached hydrogen (secondary N) is 3. The standard InChI is InChI=1S/C22H27N5O4/c28-19-6-5-17(20(29)25-19)27-12-15-4-3-13(8-16(15)21(27)30)9-24-22(31)26-7-1-2-14-10-23-11-18(14)26/h3-4,8,14,17-18,23H,1-2,5-7,9-12H2,(H,24,31)(H,25,28,29)/t14-,17?,18+/m0/s1. The summed E-state index contributed by atoms with van der Waals surface area (Å²) in [7, 11) is 0. The molecule has 1 aromatic carbocycles. The molecule has 3 N–H and O–H groups in total. The predicted octanol–water partition coefficient (Wildman–Crippen LogP) is 0.341. The van der Waals surface area contributed by atoms with Gasteiger partial charge in [-0.2, -0.15) is 0 Å². The molecule has 1 unspecified atom stereocenters. The molecule has 0 saturated carbocycles. The average molecular weight is 425 g/mol. The van der Waals surface area contributed by atoms with Crippen LogP contribution < -0.4 is 16.0 Å². The van der Waals surface area contributed by atoms with Crippen LogP contribution in [-0.4, -0.2) is 65.3 Å². The number of imide groups is 1. The first-order chi connectivity index (χ1) is 15.0. The molecule has 3 fully saturated rings. The van der Waals surface area contributed by atoms with E-state index in [2.05, 4.69) is 16.0 Å². The Morgan fingerprint density at radius 1 is 1.16 bits per heavy atom. The van der Waals surface area contributed by atoms with Crippen LogP contribution in [0, 0.1) is 5.92 Å². The number of benzene rings is 1. The highest BCUT2D eigenvalue weighted by molar-refractivity contribution is 6.05. The number of nitrogens with zero attached hydrogens (tertiary/aromatic N) is 2. The first-order valence-corrected chi connectivity index (χ1v) is 11.0. The lowest BCUT2D eigenvalue weighted by Gasteiger charge is -2.37. The Hall–Kier alpha value is -2.94. The van der Waals surface area contributed by atoms with Crippen LogP contribution in [0.5, 0.6) is 0 Å². The van der Waals surface area contributed by atoms with Gasteiger partial charge in [0.1, 0.15) is 6.04 Å². The van der Waals surface area contributed by atoms with Gasteiger partial charge < -0.3 is 20.4 Å². The topological polar surface area (TPSA) is 111 Å². The fourth-order valence-electron chi connectivity index (χ4n) is 5.31. The van der Waals surface area contributed by atoms with Crippen LogP contribution in [0.1, 0.15) is 47.2 Å². The van der Waals surface area contributed by atoms with E-state index < -0.39 is 11.9 Å². The van der Waals surface area contributed by atoms with Gasteiger partial charge in [-0.25, -0.2) is 4.79 Å². The van der Waals surface area contributed by atoms with Gasteiger partial charge in [0.05, 0.1) is 0 Å². The lowest BCUT2D eigenvalue weighted by molar-refractivity contribution is -0.136. The molecule has 9 heteroatoms. The van der Waals surface area contributed by atoms with Crippen molar-refractivity contribution in [2.45, 2.75) is 50.9 Å². The summed E-state index contributed by atoms with van der Waals surface area (Å²) in [5.41, 5.74) is 2.28. The second-order valence-electron chi connectivity index (χ2n) is 8.87. The van der Waals surface area contributed by atoms with Crippen molar-refractivity contribution in [2.75, 3.05) is 19.6 Å². The largest absolute Gasteiger partial charge is 0.334 e. The minimum atomic E-state index is -0.618. The van der Waals surface area contributed by atoms with Gasteiger partial charge in [0.15, 0.2) is 0 Å². The molecule has 31 heavy (non-hydrogen) atoms. The molecule has 0 aliphatic carbocycles. The number of amides is 5. The molecule has 164 valence electrons. The zero-order valence-corrected chi connectivity index (χ0v) is 17.4. The molecule has 5 rings (SSSR count). The quantitative estimate of drug-likeness (QED) is 0.605. The van der Waals surface area contributed by atoms with Crippen molar-refractivity contribution in [1.29, 1.82) is 0 Å². The van der Waals surface area contributed by atoms with Crippen molar-refractivity contribution in [1.82, 2.24) is 25.8 Å².